The van der Waals surface area contributed by atoms with Crippen molar-refractivity contribution >= 4 is 23.5 Å². The van der Waals surface area contributed by atoms with Gasteiger partial charge in [0.2, 0.25) is 5.91 Å². The summed E-state index contributed by atoms with van der Waals surface area (Å²) < 4.78 is 11.8. The molecule has 2 aliphatic rings. The number of halogens is 1. The average molecular weight is 509 g/mol. The van der Waals surface area contributed by atoms with E-state index >= 15 is 0 Å². The summed E-state index contributed by atoms with van der Waals surface area (Å²) in [4.78, 5) is 27.3. The van der Waals surface area contributed by atoms with Gasteiger partial charge in [-0.1, -0.05) is 23.7 Å². The molecule has 1 aromatic rings. The van der Waals surface area contributed by atoms with Crippen molar-refractivity contribution < 1.29 is 19.1 Å². The van der Waals surface area contributed by atoms with Crippen LogP contribution in [0.5, 0.6) is 0 Å². The molecule has 3 amide bonds. The Morgan fingerprint density at radius 1 is 1.29 bits per heavy atom. The summed E-state index contributed by atoms with van der Waals surface area (Å²) in [5.41, 5.74) is 0.930. The Morgan fingerprint density at radius 3 is 2.86 bits per heavy atom. The van der Waals surface area contributed by atoms with Crippen LogP contribution in [0.2, 0.25) is 5.02 Å². The van der Waals surface area contributed by atoms with Crippen LogP contribution in [0.25, 0.3) is 0 Å². The fourth-order valence-corrected chi connectivity index (χ4v) is 5.34. The van der Waals surface area contributed by atoms with Gasteiger partial charge < -0.3 is 30.3 Å². The third-order valence-electron chi connectivity index (χ3n) is 6.77. The Balaban J connectivity index is 1.64. The van der Waals surface area contributed by atoms with Gasteiger partial charge in [0.05, 0.1) is 6.10 Å². The highest BCUT2D eigenvalue weighted by molar-refractivity contribution is 6.30. The molecule has 2 aliphatic heterocycles. The van der Waals surface area contributed by atoms with Crippen molar-refractivity contribution in [3.05, 3.63) is 34.9 Å². The fourth-order valence-electron chi connectivity index (χ4n) is 5.14. The van der Waals surface area contributed by atoms with Gasteiger partial charge in [-0.25, -0.2) is 4.79 Å². The van der Waals surface area contributed by atoms with Crippen LogP contribution in [-0.4, -0.2) is 75.9 Å². The van der Waals surface area contributed by atoms with Gasteiger partial charge in [0.15, 0.2) is 0 Å². The lowest BCUT2D eigenvalue weighted by Crippen LogP contribution is -2.52. The zero-order chi connectivity index (χ0) is 25.0. The molecule has 0 radical (unpaired) electrons. The number of urea groups is 1. The topological polar surface area (TPSA) is 91.9 Å². The van der Waals surface area contributed by atoms with E-state index in [-0.39, 0.29) is 36.6 Å². The number of carbonyl (C=O) groups is 2. The van der Waals surface area contributed by atoms with Crippen molar-refractivity contribution in [2.75, 3.05) is 53.0 Å². The van der Waals surface area contributed by atoms with E-state index in [1.165, 1.54) is 0 Å². The fraction of sp³-hybridized carbons (Fsp3) is 0.692. The van der Waals surface area contributed by atoms with Crippen molar-refractivity contribution in [1.82, 2.24) is 20.9 Å². The molecular weight excluding hydrogens is 468 g/mol. The number of likely N-dealkylation sites (tertiary alicyclic amines) is 1. The van der Waals surface area contributed by atoms with Crippen molar-refractivity contribution in [2.45, 2.75) is 51.2 Å². The van der Waals surface area contributed by atoms with Crippen molar-refractivity contribution in [2.24, 2.45) is 11.8 Å². The molecule has 2 heterocycles. The largest absolute Gasteiger partial charge is 0.381 e. The molecule has 0 bridgehead atoms. The van der Waals surface area contributed by atoms with Crippen molar-refractivity contribution in [3.8, 4) is 0 Å². The van der Waals surface area contributed by atoms with E-state index in [1.807, 2.05) is 43.1 Å². The van der Waals surface area contributed by atoms with Crippen molar-refractivity contribution in [3.63, 3.8) is 0 Å². The quantitative estimate of drug-likeness (QED) is 0.426. The Morgan fingerprint density at radius 2 is 2.14 bits per heavy atom. The molecule has 2 fully saturated rings. The number of hydrogen-bond acceptors (Lipinski definition) is 5. The molecule has 4 atom stereocenters. The average Bonchev–Trinajstić information content (AvgIpc) is 2.85. The maximum atomic E-state index is 13.3. The molecule has 8 nitrogen and oxygen atoms in total. The summed E-state index contributed by atoms with van der Waals surface area (Å²) in [5.74, 6) is 0.398. The van der Waals surface area contributed by atoms with Crippen molar-refractivity contribution in [1.29, 1.82) is 0 Å². The SMILES string of the molecule is CCNC(=O)CO[C@@H](c1cccc(Cl)c1)C1CCCN(C(=O)NC(CNC)CC2CCCOC2)C1. The number of rotatable bonds is 11. The van der Waals surface area contributed by atoms with Crippen LogP contribution in [0.1, 0.15) is 50.7 Å². The lowest BCUT2D eigenvalue weighted by molar-refractivity contribution is -0.129. The summed E-state index contributed by atoms with van der Waals surface area (Å²) in [5, 5.41) is 9.87. The molecule has 35 heavy (non-hydrogen) atoms. The first-order chi connectivity index (χ1) is 17.0. The number of hydrogen-bond donors (Lipinski definition) is 3. The first kappa shape index (κ1) is 27.7. The summed E-state index contributed by atoms with van der Waals surface area (Å²) in [6.07, 6.45) is 4.61. The minimum atomic E-state index is -0.320. The number of piperidine rings is 1. The number of nitrogens with zero attached hydrogens (tertiary/aromatic N) is 1. The Kier molecular flexibility index (Phi) is 11.6. The molecule has 196 valence electrons. The van der Waals surface area contributed by atoms with Crippen LogP contribution in [0.3, 0.4) is 0 Å². The molecular formula is C26H41ClN4O4. The highest BCUT2D eigenvalue weighted by atomic mass is 35.5. The highest BCUT2D eigenvalue weighted by Gasteiger charge is 2.32. The second kappa shape index (κ2) is 14.6. The number of carbonyl (C=O) groups excluding carboxylic acids is 2. The molecule has 0 spiro atoms. The van der Waals surface area contributed by atoms with Gasteiger partial charge in [0.1, 0.15) is 6.61 Å². The standard InChI is InChI=1S/C26H41ClN4O4/c1-3-29-24(32)18-35-25(20-8-4-10-22(27)14-20)21-9-5-11-31(16-21)26(33)30-23(15-28-2)13-19-7-6-12-34-17-19/h4,8,10,14,19,21,23,25,28H,3,5-7,9,11-13,15-18H2,1-2H3,(H,29,32)(H,30,33)/t19?,21?,23?,25-/m0/s1. The lowest BCUT2D eigenvalue weighted by atomic mass is 9.88. The molecule has 1 aromatic carbocycles. The van der Waals surface area contributed by atoms with Gasteiger partial charge in [0.25, 0.3) is 0 Å². The first-order valence-corrected chi connectivity index (χ1v) is 13.3. The Hall–Kier alpha value is -1.87. The van der Waals surface area contributed by atoms with Gasteiger partial charge in [-0.05, 0) is 69.7 Å². The predicted octanol–water partition coefficient (Wildman–Crippen LogP) is 3.36. The molecule has 3 rings (SSSR count). The van der Waals surface area contributed by atoms with Gasteiger partial charge in [-0.3, -0.25) is 4.79 Å². The van der Waals surface area contributed by atoms with Crippen LogP contribution < -0.4 is 16.0 Å². The maximum absolute atomic E-state index is 13.3. The summed E-state index contributed by atoms with van der Waals surface area (Å²) in [6, 6.07) is 7.59. The molecule has 9 heteroatoms. The Labute approximate surface area is 214 Å². The van der Waals surface area contributed by atoms with E-state index in [4.69, 9.17) is 21.1 Å². The minimum Gasteiger partial charge on any atom is -0.381 e. The molecule has 3 unspecified atom stereocenters. The second-order valence-corrected chi connectivity index (χ2v) is 10.0. The molecule has 0 aromatic heterocycles. The van der Waals surface area contributed by atoms with Crippen LogP contribution >= 0.6 is 11.6 Å². The number of likely N-dealkylation sites (N-methyl/N-ethyl adjacent to an activating group) is 2. The molecule has 0 aliphatic carbocycles. The predicted molar refractivity (Wildman–Crippen MR) is 138 cm³/mol. The van der Waals surface area contributed by atoms with E-state index in [0.717, 1.165) is 57.4 Å². The molecule has 2 saturated heterocycles. The van der Waals surface area contributed by atoms with Crippen LogP contribution in [0.15, 0.2) is 24.3 Å². The third kappa shape index (κ3) is 8.94. The Bertz CT molecular complexity index is 805. The molecule has 0 saturated carbocycles. The van der Waals surface area contributed by atoms with Crippen LogP contribution in [0, 0.1) is 11.8 Å². The summed E-state index contributed by atoms with van der Waals surface area (Å²) in [7, 11) is 1.91. The van der Waals surface area contributed by atoms with Gasteiger partial charge in [0, 0.05) is 56.4 Å². The van der Waals surface area contributed by atoms with Crippen LogP contribution in [-0.2, 0) is 14.3 Å². The third-order valence-corrected chi connectivity index (χ3v) is 7.00. The normalized spacial score (nSPS) is 22.3. The maximum Gasteiger partial charge on any atom is 0.317 e. The number of ether oxygens (including phenoxy) is 2. The zero-order valence-corrected chi connectivity index (χ0v) is 21.8. The zero-order valence-electron chi connectivity index (χ0n) is 21.1. The highest BCUT2D eigenvalue weighted by Crippen LogP contribution is 2.34. The summed E-state index contributed by atoms with van der Waals surface area (Å²) >= 11 is 6.26. The number of nitrogens with one attached hydrogen (secondary N) is 3. The minimum absolute atomic E-state index is 0.0264. The van der Waals surface area contributed by atoms with Crippen LogP contribution in [0.4, 0.5) is 4.79 Å². The van der Waals surface area contributed by atoms with E-state index in [0.29, 0.717) is 30.6 Å². The van der Waals surface area contributed by atoms with E-state index < -0.39 is 0 Å². The molecule has 3 N–H and O–H groups in total. The van der Waals surface area contributed by atoms with E-state index in [9.17, 15) is 9.59 Å². The first-order valence-electron chi connectivity index (χ1n) is 12.9. The van der Waals surface area contributed by atoms with Gasteiger partial charge in [-0.15, -0.1) is 0 Å². The van der Waals surface area contributed by atoms with E-state index in [2.05, 4.69) is 16.0 Å². The van der Waals surface area contributed by atoms with E-state index in [1.54, 1.807) is 0 Å². The van der Waals surface area contributed by atoms with Gasteiger partial charge in [-0.2, -0.15) is 0 Å². The number of benzene rings is 1. The second-order valence-electron chi connectivity index (χ2n) is 9.61. The summed E-state index contributed by atoms with van der Waals surface area (Å²) in [6.45, 7) is 6.02. The van der Waals surface area contributed by atoms with Gasteiger partial charge >= 0.3 is 6.03 Å². The monoisotopic (exact) mass is 508 g/mol. The smallest absolute Gasteiger partial charge is 0.317 e. The lowest BCUT2D eigenvalue weighted by Gasteiger charge is -2.38. The number of amides is 3.